The number of aromatic nitrogens is 3. The maximum Gasteiger partial charge on any atom is 0.315 e. The van der Waals surface area contributed by atoms with Crippen LogP contribution >= 0.6 is 0 Å². The standard InChI is InChI=1S/C13H21N5O2/c1-9-14-12-3-2-11(8-18(12)17-9)16-13(19)15-10-4-6-20-7-5-10/h10-11H,2-8H2,1H3,(H2,15,16,19). The molecule has 0 aromatic carbocycles. The van der Waals surface area contributed by atoms with Crippen molar-refractivity contribution in [2.24, 2.45) is 0 Å². The van der Waals surface area contributed by atoms with Crippen molar-refractivity contribution in [3.8, 4) is 0 Å². The molecule has 0 spiro atoms. The highest BCUT2D eigenvalue weighted by atomic mass is 16.5. The zero-order valence-electron chi connectivity index (χ0n) is 11.8. The average molecular weight is 279 g/mol. The van der Waals surface area contributed by atoms with E-state index in [1.807, 2.05) is 11.6 Å². The fourth-order valence-corrected chi connectivity index (χ4v) is 2.81. The molecule has 110 valence electrons. The summed E-state index contributed by atoms with van der Waals surface area (Å²) in [6.45, 7) is 4.06. The summed E-state index contributed by atoms with van der Waals surface area (Å²) in [7, 11) is 0. The largest absolute Gasteiger partial charge is 0.381 e. The smallest absolute Gasteiger partial charge is 0.315 e. The molecule has 0 aliphatic carbocycles. The molecule has 3 heterocycles. The molecule has 1 saturated heterocycles. The summed E-state index contributed by atoms with van der Waals surface area (Å²) in [4.78, 5) is 16.4. The normalized spacial score (nSPS) is 23.1. The van der Waals surface area contributed by atoms with Gasteiger partial charge in [-0.15, -0.1) is 0 Å². The van der Waals surface area contributed by atoms with Crippen molar-refractivity contribution in [2.45, 2.75) is 51.2 Å². The predicted octanol–water partition coefficient (Wildman–Crippen LogP) is 0.380. The lowest BCUT2D eigenvalue weighted by Gasteiger charge is -2.27. The van der Waals surface area contributed by atoms with Crippen LogP contribution < -0.4 is 10.6 Å². The van der Waals surface area contributed by atoms with Crippen molar-refractivity contribution in [1.29, 1.82) is 0 Å². The van der Waals surface area contributed by atoms with Gasteiger partial charge in [0.05, 0.1) is 12.6 Å². The molecule has 20 heavy (non-hydrogen) atoms. The highest BCUT2D eigenvalue weighted by Crippen LogP contribution is 2.13. The average Bonchev–Trinajstić information content (AvgIpc) is 2.79. The molecule has 0 radical (unpaired) electrons. The summed E-state index contributed by atoms with van der Waals surface area (Å²) in [5.41, 5.74) is 0. The van der Waals surface area contributed by atoms with Gasteiger partial charge in [0.25, 0.3) is 0 Å². The fraction of sp³-hybridized carbons (Fsp3) is 0.769. The maximum atomic E-state index is 12.0. The number of urea groups is 1. The summed E-state index contributed by atoms with van der Waals surface area (Å²) in [5, 5.41) is 10.4. The van der Waals surface area contributed by atoms with Gasteiger partial charge in [0.15, 0.2) is 0 Å². The van der Waals surface area contributed by atoms with E-state index in [0.29, 0.717) is 6.54 Å². The van der Waals surface area contributed by atoms with Gasteiger partial charge in [-0.1, -0.05) is 0 Å². The number of rotatable bonds is 2. The van der Waals surface area contributed by atoms with Gasteiger partial charge < -0.3 is 15.4 Å². The van der Waals surface area contributed by atoms with Crippen molar-refractivity contribution in [3.63, 3.8) is 0 Å². The van der Waals surface area contributed by atoms with Gasteiger partial charge in [-0.25, -0.2) is 14.5 Å². The van der Waals surface area contributed by atoms with Crippen LogP contribution in [0.1, 0.15) is 30.9 Å². The van der Waals surface area contributed by atoms with E-state index in [1.165, 1.54) is 0 Å². The Morgan fingerprint density at radius 3 is 2.80 bits per heavy atom. The van der Waals surface area contributed by atoms with E-state index in [-0.39, 0.29) is 18.1 Å². The Morgan fingerprint density at radius 2 is 2.00 bits per heavy atom. The van der Waals surface area contributed by atoms with Crippen molar-refractivity contribution in [2.75, 3.05) is 13.2 Å². The number of carbonyl (C=O) groups is 1. The molecule has 7 nitrogen and oxygen atoms in total. The van der Waals surface area contributed by atoms with Crippen LogP contribution in [-0.4, -0.2) is 46.1 Å². The van der Waals surface area contributed by atoms with Gasteiger partial charge in [-0.05, 0) is 26.2 Å². The zero-order valence-corrected chi connectivity index (χ0v) is 11.8. The molecule has 2 amide bonds. The molecule has 1 fully saturated rings. The van der Waals surface area contributed by atoms with Gasteiger partial charge in [0.1, 0.15) is 11.6 Å². The van der Waals surface area contributed by atoms with E-state index in [9.17, 15) is 4.79 Å². The maximum absolute atomic E-state index is 12.0. The zero-order chi connectivity index (χ0) is 13.9. The molecule has 2 N–H and O–H groups in total. The van der Waals surface area contributed by atoms with Crippen molar-refractivity contribution >= 4 is 6.03 Å². The Balaban J connectivity index is 1.50. The third-order valence-corrected chi connectivity index (χ3v) is 3.86. The minimum absolute atomic E-state index is 0.0813. The number of hydrogen-bond donors (Lipinski definition) is 2. The Kier molecular flexibility index (Phi) is 3.86. The molecule has 2 aliphatic heterocycles. The number of nitrogens with one attached hydrogen (secondary N) is 2. The first-order valence-electron chi connectivity index (χ1n) is 7.26. The number of nitrogens with zero attached hydrogens (tertiary/aromatic N) is 3. The van der Waals surface area contributed by atoms with Gasteiger partial charge in [-0.3, -0.25) is 0 Å². The molecule has 7 heteroatoms. The number of aryl methyl sites for hydroxylation is 2. The minimum atomic E-state index is -0.0813. The van der Waals surface area contributed by atoms with Crippen LogP contribution in [0.5, 0.6) is 0 Å². The molecule has 1 unspecified atom stereocenters. The summed E-state index contributed by atoms with van der Waals surface area (Å²) in [6, 6.07) is 0.280. The number of hydrogen-bond acceptors (Lipinski definition) is 4. The highest BCUT2D eigenvalue weighted by molar-refractivity contribution is 5.74. The van der Waals surface area contributed by atoms with Crippen LogP contribution in [0.4, 0.5) is 4.79 Å². The molecule has 1 aromatic rings. The summed E-state index contributed by atoms with van der Waals surface area (Å²) in [6.07, 6.45) is 3.57. The van der Waals surface area contributed by atoms with E-state index in [1.54, 1.807) is 0 Å². The van der Waals surface area contributed by atoms with E-state index in [2.05, 4.69) is 20.7 Å². The molecule has 1 atom stereocenters. The molecular weight excluding hydrogens is 258 g/mol. The van der Waals surface area contributed by atoms with Gasteiger partial charge in [0.2, 0.25) is 0 Å². The lowest BCUT2D eigenvalue weighted by molar-refractivity contribution is 0.0799. The van der Waals surface area contributed by atoms with Crippen LogP contribution in [0, 0.1) is 6.92 Å². The Bertz CT molecular complexity index is 481. The quantitative estimate of drug-likeness (QED) is 0.820. The second-order valence-corrected chi connectivity index (χ2v) is 5.50. The van der Waals surface area contributed by atoms with E-state index in [4.69, 9.17) is 4.74 Å². The Morgan fingerprint density at radius 1 is 1.25 bits per heavy atom. The first-order valence-corrected chi connectivity index (χ1v) is 7.26. The van der Waals surface area contributed by atoms with Crippen LogP contribution in [0.25, 0.3) is 0 Å². The van der Waals surface area contributed by atoms with Crippen LogP contribution in [-0.2, 0) is 17.7 Å². The predicted molar refractivity (Wildman–Crippen MR) is 72.4 cm³/mol. The topological polar surface area (TPSA) is 81.1 Å². The van der Waals surface area contributed by atoms with Crippen LogP contribution in [0.3, 0.4) is 0 Å². The van der Waals surface area contributed by atoms with Gasteiger partial charge in [-0.2, -0.15) is 5.10 Å². The Labute approximate surface area is 118 Å². The monoisotopic (exact) mass is 279 g/mol. The first kappa shape index (κ1) is 13.4. The van der Waals surface area contributed by atoms with E-state index in [0.717, 1.165) is 50.5 Å². The molecular formula is C13H21N5O2. The van der Waals surface area contributed by atoms with Crippen LogP contribution in [0.15, 0.2) is 0 Å². The third kappa shape index (κ3) is 3.09. The minimum Gasteiger partial charge on any atom is -0.381 e. The first-order chi connectivity index (χ1) is 9.70. The van der Waals surface area contributed by atoms with Gasteiger partial charge >= 0.3 is 6.03 Å². The molecule has 2 aliphatic rings. The third-order valence-electron chi connectivity index (χ3n) is 3.86. The lowest BCUT2D eigenvalue weighted by atomic mass is 10.1. The molecule has 0 bridgehead atoms. The van der Waals surface area contributed by atoms with Crippen molar-refractivity contribution < 1.29 is 9.53 Å². The van der Waals surface area contributed by atoms with Crippen LogP contribution in [0.2, 0.25) is 0 Å². The number of carbonyl (C=O) groups excluding carboxylic acids is 1. The Hall–Kier alpha value is -1.63. The number of ether oxygens (including phenoxy) is 1. The summed E-state index contributed by atoms with van der Waals surface area (Å²) >= 11 is 0. The second kappa shape index (κ2) is 5.78. The fourth-order valence-electron chi connectivity index (χ4n) is 2.81. The molecule has 0 saturated carbocycles. The van der Waals surface area contributed by atoms with E-state index >= 15 is 0 Å². The van der Waals surface area contributed by atoms with Gasteiger partial charge in [0, 0.05) is 25.7 Å². The number of amides is 2. The van der Waals surface area contributed by atoms with E-state index < -0.39 is 0 Å². The molecule has 3 rings (SSSR count). The number of fused-ring (bicyclic) bond motifs is 1. The summed E-state index contributed by atoms with van der Waals surface area (Å²) in [5.74, 6) is 1.82. The SMILES string of the molecule is Cc1nc2n(n1)CC(NC(=O)NC1CCOCC1)CC2. The highest BCUT2D eigenvalue weighted by Gasteiger charge is 2.23. The van der Waals surface area contributed by atoms with Crippen molar-refractivity contribution in [3.05, 3.63) is 11.6 Å². The second-order valence-electron chi connectivity index (χ2n) is 5.50. The summed E-state index contributed by atoms with van der Waals surface area (Å²) < 4.78 is 7.18. The van der Waals surface area contributed by atoms with Crippen molar-refractivity contribution in [1.82, 2.24) is 25.4 Å². The molecule has 1 aromatic heterocycles. The lowest BCUT2D eigenvalue weighted by Crippen LogP contribution is -2.50.